The fraction of sp³-hybridized carbons (Fsp3) is 0.545. The average molecular weight is 386 g/mol. The number of nitrogens with zero attached hydrogens (tertiary/aromatic N) is 2. The Morgan fingerprint density at radius 3 is 1.08 bits per heavy atom. The van der Waals surface area contributed by atoms with E-state index in [-0.39, 0.29) is 17.1 Å². The smallest absolute Gasteiger partial charge is 0.331 e. The van der Waals surface area contributed by atoms with Crippen LogP contribution in [0, 0.1) is 0 Å². The van der Waals surface area contributed by atoms with Crippen molar-refractivity contribution in [2.45, 2.75) is 25.7 Å². The Bertz CT molecular complexity index is 463. The van der Waals surface area contributed by atoms with Crippen LogP contribution in [0.25, 0.3) is 0 Å². The summed E-state index contributed by atoms with van der Waals surface area (Å²) in [7, 11) is 13.4. The molecule has 0 N–H and O–H groups in total. The van der Waals surface area contributed by atoms with Crippen LogP contribution in [0.3, 0.4) is 0 Å². The molecule has 0 heterocycles. The molecular formula is C22H38FeN2+2. The van der Waals surface area contributed by atoms with Crippen LogP contribution in [0.4, 0.5) is 0 Å². The zero-order valence-corrected chi connectivity index (χ0v) is 18.2. The third-order valence-corrected chi connectivity index (χ3v) is 4.05. The summed E-state index contributed by atoms with van der Waals surface area (Å²) in [6, 6.07) is 17.3. The zero-order valence-electron chi connectivity index (χ0n) is 17.1. The van der Waals surface area contributed by atoms with Gasteiger partial charge in [-0.25, -0.2) is 24.3 Å². The molecule has 0 aliphatic rings. The molecule has 2 rings (SSSR count). The van der Waals surface area contributed by atoms with E-state index in [2.05, 4.69) is 90.8 Å². The number of rotatable bonds is 8. The zero-order chi connectivity index (χ0) is 18.1. The van der Waals surface area contributed by atoms with Crippen LogP contribution in [-0.4, -0.2) is 64.3 Å². The largest absolute Gasteiger partial charge is 2.00 e. The first kappa shape index (κ1) is 24.1. The molecule has 0 fully saturated rings. The van der Waals surface area contributed by atoms with Crippen molar-refractivity contribution in [3.8, 4) is 0 Å². The van der Waals surface area contributed by atoms with E-state index in [1.807, 2.05) is 0 Å². The minimum Gasteiger partial charge on any atom is -0.331 e. The molecule has 0 bridgehead atoms. The van der Waals surface area contributed by atoms with Crippen LogP contribution in [0.15, 0.2) is 48.5 Å². The fourth-order valence-electron chi connectivity index (χ4n) is 2.68. The topological polar surface area (TPSA) is 0 Å². The molecule has 0 atom stereocenters. The van der Waals surface area contributed by atoms with Gasteiger partial charge in [-0.1, -0.05) is 12.8 Å². The molecule has 3 heteroatoms. The number of quaternary nitrogens is 2. The van der Waals surface area contributed by atoms with Crippen LogP contribution in [0.2, 0.25) is 0 Å². The van der Waals surface area contributed by atoms with E-state index >= 15 is 0 Å². The first-order chi connectivity index (χ1) is 11.2. The molecule has 2 aromatic carbocycles. The van der Waals surface area contributed by atoms with E-state index in [1.54, 1.807) is 0 Å². The maximum Gasteiger partial charge on any atom is 2.00 e. The third kappa shape index (κ3) is 14.0. The molecule has 2 aromatic rings. The Morgan fingerprint density at radius 2 is 0.840 bits per heavy atom. The van der Waals surface area contributed by atoms with Crippen molar-refractivity contribution in [1.29, 1.82) is 0 Å². The van der Waals surface area contributed by atoms with Crippen molar-refractivity contribution < 1.29 is 26.0 Å². The SMILES string of the molecule is C[N+](C)(C)CCC[c-]1cccc1.C[N+](C)(C)CCC[c-]1cccc1.[Fe+2]. The summed E-state index contributed by atoms with van der Waals surface area (Å²) in [5.74, 6) is 0. The quantitative estimate of drug-likeness (QED) is 0.364. The van der Waals surface area contributed by atoms with Crippen molar-refractivity contribution in [2.75, 3.05) is 55.4 Å². The van der Waals surface area contributed by atoms with E-state index in [0.29, 0.717) is 0 Å². The van der Waals surface area contributed by atoms with Crippen LogP contribution >= 0.6 is 0 Å². The van der Waals surface area contributed by atoms with Crippen LogP contribution in [-0.2, 0) is 29.9 Å². The molecule has 0 aliphatic heterocycles. The van der Waals surface area contributed by atoms with E-state index in [9.17, 15) is 0 Å². The van der Waals surface area contributed by atoms with Crippen molar-refractivity contribution in [1.82, 2.24) is 0 Å². The molecular weight excluding hydrogens is 348 g/mol. The van der Waals surface area contributed by atoms with Crippen LogP contribution in [0.1, 0.15) is 24.0 Å². The summed E-state index contributed by atoms with van der Waals surface area (Å²) in [5, 5.41) is 0. The van der Waals surface area contributed by atoms with Gasteiger partial charge in [-0.15, -0.1) is 0 Å². The summed E-state index contributed by atoms with van der Waals surface area (Å²) in [6.45, 7) is 2.51. The Morgan fingerprint density at radius 1 is 0.560 bits per heavy atom. The summed E-state index contributed by atoms with van der Waals surface area (Å²) in [4.78, 5) is 0. The van der Waals surface area contributed by atoms with Gasteiger partial charge in [-0.2, -0.15) is 35.4 Å². The van der Waals surface area contributed by atoms with Gasteiger partial charge < -0.3 is 8.97 Å². The Labute approximate surface area is 166 Å². The summed E-state index contributed by atoms with van der Waals surface area (Å²) < 4.78 is 2.14. The first-order valence-electron chi connectivity index (χ1n) is 9.18. The molecule has 25 heavy (non-hydrogen) atoms. The average Bonchev–Trinajstić information content (AvgIpc) is 3.09. The van der Waals surface area contributed by atoms with Gasteiger partial charge in [0, 0.05) is 0 Å². The van der Waals surface area contributed by atoms with Crippen LogP contribution < -0.4 is 0 Å². The molecule has 0 amide bonds. The first-order valence-corrected chi connectivity index (χ1v) is 9.18. The Balaban J connectivity index is 0.000000443. The molecule has 2 nitrogen and oxygen atoms in total. The molecule has 0 spiro atoms. The summed E-state index contributed by atoms with van der Waals surface area (Å²) in [6.07, 6.45) is 5.02. The maximum atomic E-state index is 2.24. The van der Waals surface area contributed by atoms with Gasteiger partial charge in [0.2, 0.25) is 0 Å². The van der Waals surface area contributed by atoms with Gasteiger partial charge in [0.15, 0.2) is 0 Å². The molecule has 0 saturated carbocycles. The minimum absolute atomic E-state index is 0. The Hall–Kier alpha value is -0.861. The molecule has 0 unspecified atom stereocenters. The second-order valence-corrected chi connectivity index (χ2v) is 8.82. The number of hydrogen-bond acceptors (Lipinski definition) is 0. The second-order valence-electron chi connectivity index (χ2n) is 8.82. The summed E-state index contributed by atoms with van der Waals surface area (Å²) >= 11 is 0. The van der Waals surface area contributed by atoms with Gasteiger partial charge >= 0.3 is 17.1 Å². The normalized spacial score (nSPS) is 11.4. The van der Waals surface area contributed by atoms with Crippen molar-refractivity contribution >= 4 is 0 Å². The standard InChI is InChI=1S/2C11H19N.Fe/c2*1-12(2,3)10-6-9-11-7-4-5-8-11;/h2*4-5,7-8H,6,9-10H2,1-3H3;/q;;+2. The van der Waals surface area contributed by atoms with Gasteiger partial charge in [-0.05, 0) is 12.8 Å². The van der Waals surface area contributed by atoms with E-state index in [1.165, 1.54) is 49.9 Å². The number of aryl methyl sites for hydroxylation is 2. The fourth-order valence-corrected chi connectivity index (χ4v) is 2.68. The van der Waals surface area contributed by atoms with E-state index < -0.39 is 0 Å². The van der Waals surface area contributed by atoms with Gasteiger partial charge in [-0.3, -0.25) is 0 Å². The maximum absolute atomic E-state index is 2.24. The summed E-state index contributed by atoms with van der Waals surface area (Å²) in [5.41, 5.74) is 2.95. The predicted octanol–water partition coefficient (Wildman–Crippen LogP) is 4.09. The minimum atomic E-state index is 0. The van der Waals surface area contributed by atoms with E-state index in [0.717, 1.165) is 8.97 Å². The molecule has 0 radical (unpaired) electrons. The van der Waals surface area contributed by atoms with Gasteiger partial charge in [0.25, 0.3) is 0 Å². The van der Waals surface area contributed by atoms with Crippen molar-refractivity contribution in [2.24, 2.45) is 0 Å². The van der Waals surface area contributed by atoms with Crippen LogP contribution in [0.5, 0.6) is 0 Å². The van der Waals surface area contributed by atoms with Gasteiger partial charge in [0.1, 0.15) is 0 Å². The van der Waals surface area contributed by atoms with Crippen molar-refractivity contribution in [3.63, 3.8) is 0 Å². The van der Waals surface area contributed by atoms with Gasteiger partial charge in [0.05, 0.1) is 55.4 Å². The molecule has 0 aliphatic carbocycles. The monoisotopic (exact) mass is 386 g/mol. The number of hydrogen-bond donors (Lipinski definition) is 0. The third-order valence-electron chi connectivity index (χ3n) is 4.05. The molecule has 0 saturated heterocycles. The molecule has 0 aromatic heterocycles. The second kappa shape index (κ2) is 11.7. The predicted molar refractivity (Wildman–Crippen MR) is 107 cm³/mol. The molecule has 142 valence electrons. The van der Waals surface area contributed by atoms with Crippen molar-refractivity contribution in [3.05, 3.63) is 59.7 Å². The Kier molecular flexibility index (Phi) is 11.3. The van der Waals surface area contributed by atoms with E-state index in [4.69, 9.17) is 0 Å².